The monoisotopic (exact) mass is 349 g/mol. The number of hydrogen-bond acceptors (Lipinski definition) is 3. The van der Waals surface area contributed by atoms with Gasteiger partial charge in [-0.15, -0.1) is 11.8 Å². The van der Waals surface area contributed by atoms with Gasteiger partial charge in [-0.25, -0.2) is 0 Å². The molecule has 0 spiro atoms. The van der Waals surface area contributed by atoms with Crippen LogP contribution < -0.4 is 10.1 Å². The number of benzene rings is 2. The summed E-state index contributed by atoms with van der Waals surface area (Å²) < 4.78 is 5.12. The van der Waals surface area contributed by atoms with Crippen LogP contribution in [0.15, 0.2) is 48.5 Å². The van der Waals surface area contributed by atoms with Crippen molar-refractivity contribution in [2.75, 3.05) is 7.11 Å². The van der Waals surface area contributed by atoms with E-state index in [9.17, 15) is 4.79 Å². The zero-order valence-electron chi connectivity index (χ0n) is 13.2. The Labute approximate surface area is 146 Å². The first-order chi connectivity index (χ1) is 11.1. The minimum atomic E-state index is -0.107. The van der Waals surface area contributed by atoms with Crippen LogP contribution in [0.25, 0.3) is 0 Å². The summed E-state index contributed by atoms with van der Waals surface area (Å²) in [5.74, 6) is 1.64. The van der Waals surface area contributed by atoms with E-state index in [-0.39, 0.29) is 11.2 Å². The van der Waals surface area contributed by atoms with Gasteiger partial charge in [0.2, 0.25) is 5.91 Å². The second-order valence-electron chi connectivity index (χ2n) is 5.15. The summed E-state index contributed by atoms with van der Waals surface area (Å²) in [4.78, 5) is 12.1. The van der Waals surface area contributed by atoms with E-state index in [0.717, 1.165) is 27.7 Å². The van der Waals surface area contributed by atoms with Crippen LogP contribution in [0.3, 0.4) is 0 Å². The Hall–Kier alpha value is -1.65. The Kier molecular flexibility index (Phi) is 6.81. The minimum Gasteiger partial charge on any atom is -0.497 e. The van der Waals surface area contributed by atoms with E-state index in [0.29, 0.717) is 6.54 Å². The van der Waals surface area contributed by atoms with Gasteiger partial charge < -0.3 is 10.1 Å². The van der Waals surface area contributed by atoms with E-state index in [1.807, 2.05) is 55.5 Å². The van der Waals surface area contributed by atoms with Crippen LogP contribution in [-0.4, -0.2) is 18.3 Å². The van der Waals surface area contributed by atoms with Crippen molar-refractivity contribution >= 4 is 29.3 Å². The van der Waals surface area contributed by atoms with Crippen LogP contribution in [0.4, 0.5) is 0 Å². The lowest BCUT2D eigenvalue weighted by atomic mass is 10.2. The van der Waals surface area contributed by atoms with Crippen LogP contribution in [0.1, 0.15) is 18.1 Å². The molecule has 23 heavy (non-hydrogen) atoms. The molecular weight excluding hydrogens is 330 g/mol. The fourth-order valence-corrected chi connectivity index (χ4v) is 2.95. The van der Waals surface area contributed by atoms with Crippen LogP contribution >= 0.6 is 23.4 Å². The van der Waals surface area contributed by atoms with Gasteiger partial charge in [-0.3, -0.25) is 4.79 Å². The number of ether oxygens (including phenoxy) is 1. The Bertz CT molecular complexity index is 628. The lowest BCUT2D eigenvalue weighted by Crippen LogP contribution is -2.30. The molecule has 0 aromatic heterocycles. The molecular formula is C18H20ClNO2S. The summed E-state index contributed by atoms with van der Waals surface area (Å²) in [6.45, 7) is 2.44. The topological polar surface area (TPSA) is 38.3 Å². The van der Waals surface area contributed by atoms with Crippen molar-refractivity contribution in [3.8, 4) is 5.75 Å². The molecule has 0 aliphatic carbocycles. The van der Waals surface area contributed by atoms with Gasteiger partial charge in [0.25, 0.3) is 0 Å². The molecule has 5 heteroatoms. The third-order valence-electron chi connectivity index (χ3n) is 3.41. The average molecular weight is 350 g/mol. The molecule has 122 valence electrons. The first-order valence-corrected chi connectivity index (χ1v) is 8.78. The third kappa shape index (κ3) is 5.81. The number of amides is 1. The normalized spacial score (nSPS) is 11.8. The van der Waals surface area contributed by atoms with E-state index in [1.54, 1.807) is 18.9 Å². The van der Waals surface area contributed by atoms with Gasteiger partial charge in [0, 0.05) is 17.3 Å². The second kappa shape index (κ2) is 8.85. The molecule has 1 N–H and O–H groups in total. The summed E-state index contributed by atoms with van der Waals surface area (Å²) in [6, 6.07) is 15.4. The molecule has 3 nitrogen and oxygen atoms in total. The van der Waals surface area contributed by atoms with Gasteiger partial charge >= 0.3 is 0 Å². The molecule has 2 aromatic rings. The van der Waals surface area contributed by atoms with E-state index >= 15 is 0 Å². The number of carbonyl (C=O) groups is 1. The van der Waals surface area contributed by atoms with Gasteiger partial charge in [-0.1, -0.05) is 35.9 Å². The van der Waals surface area contributed by atoms with E-state index in [2.05, 4.69) is 5.32 Å². The summed E-state index contributed by atoms with van der Waals surface area (Å²) in [6.07, 6.45) is 0. The molecule has 2 rings (SSSR count). The highest BCUT2D eigenvalue weighted by Crippen LogP contribution is 2.19. The van der Waals surface area contributed by atoms with Crippen molar-refractivity contribution in [1.29, 1.82) is 0 Å². The lowest BCUT2D eigenvalue weighted by molar-refractivity contribution is -0.120. The maximum absolute atomic E-state index is 12.1. The minimum absolute atomic E-state index is 0.0415. The number of halogens is 1. The molecule has 0 aliphatic rings. The Balaban J connectivity index is 1.76. The number of rotatable bonds is 7. The molecule has 1 atom stereocenters. The quantitative estimate of drug-likeness (QED) is 0.810. The Morgan fingerprint density at radius 1 is 1.13 bits per heavy atom. The Morgan fingerprint density at radius 3 is 2.35 bits per heavy atom. The summed E-state index contributed by atoms with van der Waals surface area (Å²) in [7, 11) is 1.64. The van der Waals surface area contributed by atoms with Crippen molar-refractivity contribution in [2.45, 2.75) is 24.5 Å². The maximum Gasteiger partial charge on any atom is 0.233 e. The molecule has 0 saturated heterocycles. The molecule has 0 heterocycles. The highest BCUT2D eigenvalue weighted by Gasteiger charge is 2.13. The molecule has 0 bridgehead atoms. The van der Waals surface area contributed by atoms with Gasteiger partial charge in [0.1, 0.15) is 5.75 Å². The van der Waals surface area contributed by atoms with E-state index in [1.165, 1.54) is 0 Å². The highest BCUT2D eigenvalue weighted by molar-refractivity contribution is 7.99. The summed E-state index contributed by atoms with van der Waals surface area (Å²) in [5.41, 5.74) is 2.21. The third-order valence-corrected chi connectivity index (χ3v) is 4.87. The number of thioether (sulfide) groups is 1. The maximum atomic E-state index is 12.1. The smallest absolute Gasteiger partial charge is 0.233 e. The zero-order chi connectivity index (χ0) is 16.7. The van der Waals surface area contributed by atoms with Crippen molar-refractivity contribution in [3.05, 3.63) is 64.7 Å². The van der Waals surface area contributed by atoms with Gasteiger partial charge in [0.15, 0.2) is 0 Å². The lowest BCUT2D eigenvalue weighted by Gasteiger charge is -2.12. The van der Waals surface area contributed by atoms with Crippen molar-refractivity contribution in [2.24, 2.45) is 0 Å². The first kappa shape index (κ1) is 17.7. The van der Waals surface area contributed by atoms with Crippen molar-refractivity contribution in [3.63, 3.8) is 0 Å². The number of hydrogen-bond donors (Lipinski definition) is 1. The molecule has 0 aliphatic heterocycles. The molecule has 1 unspecified atom stereocenters. The molecule has 2 aromatic carbocycles. The van der Waals surface area contributed by atoms with Crippen molar-refractivity contribution < 1.29 is 9.53 Å². The summed E-state index contributed by atoms with van der Waals surface area (Å²) in [5, 5.41) is 3.58. The fourth-order valence-electron chi connectivity index (χ4n) is 1.95. The predicted octanol–water partition coefficient (Wildman–Crippen LogP) is 4.29. The van der Waals surface area contributed by atoms with Gasteiger partial charge in [0.05, 0.1) is 12.4 Å². The first-order valence-electron chi connectivity index (χ1n) is 7.35. The number of nitrogens with one attached hydrogen (secondary N) is 1. The van der Waals surface area contributed by atoms with Crippen molar-refractivity contribution in [1.82, 2.24) is 5.32 Å². The number of carbonyl (C=O) groups excluding carboxylic acids is 1. The van der Waals surface area contributed by atoms with Crippen LogP contribution in [0.5, 0.6) is 5.75 Å². The molecule has 0 radical (unpaired) electrons. The van der Waals surface area contributed by atoms with Gasteiger partial charge in [-0.05, 0) is 42.3 Å². The van der Waals surface area contributed by atoms with Gasteiger partial charge in [-0.2, -0.15) is 0 Å². The average Bonchev–Trinajstić information content (AvgIpc) is 2.59. The van der Waals surface area contributed by atoms with Crippen LogP contribution in [0.2, 0.25) is 5.02 Å². The molecule has 0 saturated carbocycles. The molecule has 1 amide bonds. The fraction of sp³-hybridized carbons (Fsp3) is 0.278. The van der Waals surface area contributed by atoms with Crippen LogP contribution in [0, 0.1) is 0 Å². The standard InChI is InChI=1S/C18H20ClNO2S/c1-13(23-12-15-3-7-16(19)8-4-15)18(21)20-11-14-5-9-17(22-2)10-6-14/h3-10,13H,11-12H2,1-2H3,(H,20,21). The van der Waals surface area contributed by atoms with Crippen LogP contribution in [-0.2, 0) is 17.1 Å². The largest absolute Gasteiger partial charge is 0.497 e. The number of methoxy groups -OCH3 is 1. The SMILES string of the molecule is COc1ccc(CNC(=O)C(C)SCc2ccc(Cl)cc2)cc1. The highest BCUT2D eigenvalue weighted by atomic mass is 35.5. The van der Waals surface area contributed by atoms with E-state index in [4.69, 9.17) is 16.3 Å². The zero-order valence-corrected chi connectivity index (χ0v) is 14.8. The summed E-state index contributed by atoms with van der Waals surface area (Å²) >= 11 is 7.47. The Morgan fingerprint density at radius 2 is 1.74 bits per heavy atom. The predicted molar refractivity (Wildman–Crippen MR) is 97.0 cm³/mol. The van der Waals surface area contributed by atoms with E-state index < -0.39 is 0 Å². The molecule has 0 fully saturated rings. The second-order valence-corrected chi connectivity index (χ2v) is 6.91.